The second-order valence-electron chi connectivity index (χ2n) is 8.57. The van der Waals surface area contributed by atoms with Crippen LogP contribution in [0.15, 0.2) is 47.4 Å². The van der Waals surface area contributed by atoms with Crippen LogP contribution in [-0.4, -0.2) is 26.3 Å². The molecule has 0 atom stereocenters. The summed E-state index contributed by atoms with van der Waals surface area (Å²) in [5.74, 6) is -0.225. The molecule has 1 amide bonds. The Morgan fingerprint density at radius 2 is 1.74 bits per heavy atom. The number of aromatic nitrogens is 3. The minimum absolute atomic E-state index is 0.00544. The third-order valence-electron chi connectivity index (χ3n) is 5.67. The van der Waals surface area contributed by atoms with Crippen molar-refractivity contribution in [3.8, 4) is 0 Å². The van der Waals surface area contributed by atoms with Crippen molar-refractivity contribution >= 4 is 27.7 Å². The number of amides is 1. The molecule has 0 aliphatic carbocycles. The summed E-state index contributed by atoms with van der Waals surface area (Å²) in [5.41, 5.74) is 6.14. The van der Waals surface area contributed by atoms with Gasteiger partial charge < -0.3 is 9.88 Å². The maximum atomic E-state index is 13.5. The second-order valence-corrected chi connectivity index (χ2v) is 8.57. The number of hydrogen-bond donors (Lipinski definition) is 1. The maximum absolute atomic E-state index is 13.5. The van der Waals surface area contributed by atoms with Gasteiger partial charge in [0.1, 0.15) is 12.1 Å². The molecule has 2 aromatic heterocycles. The number of hydrogen-bond acceptors (Lipinski definition) is 3. The van der Waals surface area contributed by atoms with Crippen molar-refractivity contribution in [3.05, 3.63) is 75.2 Å². The Hall–Kier alpha value is -3.41. The SMILES string of the molecule is Cc1cc(C)c(Cn2c3ccccc3c3cnn(CC(=O)NC(C)C)c(=O)c32)c(C)c1. The fraction of sp³-hybridized carbons (Fsp3) is 0.320. The van der Waals surface area contributed by atoms with Crippen LogP contribution in [0.3, 0.4) is 0 Å². The maximum Gasteiger partial charge on any atom is 0.291 e. The highest BCUT2D eigenvalue weighted by molar-refractivity contribution is 6.07. The quantitative estimate of drug-likeness (QED) is 0.537. The van der Waals surface area contributed by atoms with E-state index < -0.39 is 0 Å². The summed E-state index contributed by atoms with van der Waals surface area (Å²) in [6.45, 7) is 10.6. The van der Waals surface area contributed by atoms with Crippen LogP contribution in [0.5, 0.6) is 0 Å². The van der Waals surface area contributed by atoms with E-state index >= 15 is 0 Å². The lowest BCUT2D eigenvalue weighted by molar-refractivity contribution is -0.122. The molecule has 1 N–H and O–H groups in total. The van der Waals surface area contributed by atoms with E-state index in [0.29, 0.717) is 12.1 Å². The number of aryl methyl sites for hydroxylation is 3. The van der Waals surface area contributed by atoms with Crippen LogP contribution in [-0.2, 0) is 17.9 Å². The highest BCUT2D eigenvalue weighted by Crippen LogP contribution is 2.28. The van der Waals surface area contributed by atoms with Crippen LogP contribution in [0.2, 0.25) is 0 Å². The predicted molar refractivity (Wildman–Crippen MR) is 125 cm³/mol. The normalized spacial score (nSPS) is 11.5. The van der Waals surface area contributed by atoms with Crippen molar-refractivity contribution in [2.75, 3.05) is 0 Å². The first-order chi connectivity index (χ1) is 14.8. The van der Waals surface area contributed by atoms with Gasteiger partial charge in [0.25, 0.3) is 5.56 Å². The zero-order chi connectivity index (χ0) is 22.3. The number of carbonyl (C=O) groups is 1. The lowest BCUT2D eigenvalue weighted by Crippen LogP contribution is -2.37. The van der Waals surface area contributed by atoms with E-state index in [1.54, 1.807) is 6.20 Å². The average Bonchev–Trinajstić information content (AvgIpc) is 3.00. The van der Waals surface area contributed by atoms with Gasteiger partial charge in [0.05, 0.1) is 6.20 Å². The molecule has 0 radical (unpaired) electrons. The van der Waals surface area contributed by atoms with Crippen molar-refractivity contribution < 1.29 is 4.79 Å². The van der Waals surface area contributed by atoms with Crippen LogP contribution in [0.4, 0.5) is 0 Å². The molecule has 0 saturated carbocycles. The molecule has 0 aliphatic heterocycles. The number of para-hydroxylation sites is 1. The molecular weight excluding hydrogens is 388 g/mol. The molecule has 0 unspecified atom stereocenters. The molecule has 0 saturated heterocycles. The zero-order valence-electron chi connectivity index (χ0n) is 18.7. The Morgan fingerprint density at radius 3 is 2.42 bits per heavy atom. The first-order valence-electron chi connectivity index (χ1n) is 10.6. The molecule has 0 spiro atoms. The van der Waals surface area contributed by atoms with Crippen molar-refractivity contribution in [3.63, 3.8) is 0 Å². The number of fused-ring (bicyclic) bond motifs is 3. The van der Waals surface area contributed by atoms with Gasteiger partial charge in [-0.05, 0) is 57.4 Å². The fourth-order valence-electron chi connectivity index (χ4n) is 4.39. The molecule has 2 heterocycles. The molecular formula is C25H28N4O2. The van der Waals surface area contributed by atoms with Gasteiger partial charge in [-0.3, -0.25) is 9.59 Å². The summed E-state index contributed by atoms with van der Waals surface area (Å²) in [6, 6.07) is 12.3. The average molecular weight is 417 g/mol. The largest absolute Gasteiger partial charge is 0.352 e. The summed E-state index contributed by atoms with van der Waals surface area (Å²) in [6.07, 6.45) is 1.70. The number of carbonyl (C=O) groups excluding carboxylic acids is 1. The lowest BCUT2D eigenvalue weighted by Gasteiger charge is -2.14. The first kappa shape index (κ1) is 20.8. The van der Waals surface area contributed by atoms with Gasteiger partial charge >= 0.3 is 0 Å². The molecule has 0 fully saturated rings. The summed E-state index contributed by atoms with van der Waals surface area (Å²) in [5, 5.41) is 8.92. The van der Waals surface area contributed by atoms with Gasteiger partial charge in [-0.15, -0.1) is 0 Å². The van der Waals surface area contributed by atoms with Crippen LogP contribution in [0, 0.1) is 20.8 Å². The predicted octanol–water partition coefficient (Wildman–Crippen LogP) is 3.85. The summed E-state index contributed by atoms with van der Waals surface area (Å²) in [4.78, 5) is 25.7. The molecule has 6 heteroatoms. The third kappa shape index (κ3) is 3.85. The Balaban J connectivity index is 1.92. The van der Waals surface area contributed by atoms with Crippen molar-refractivity contribution in [1.82, 2.24) is 19.7 Å². The summed E-state index contributed by atoms with van der Waals surface area (Å²) < 4.78 is 3.32. The van der Waals surface area contributed by atoms with Crippen molar-refractivity contribution in [2.45, 2.75) is 53.8 Å². The van der Waals surface area contributed by atoms with Crippen LogP contribution in [0.25, 0.3) is 21.8 Å². The molecule has 6 nitrogen and oxygen atoms in total. The van der Waals surface area contributed by atoms with E-state index in [1.165, 1.54) is 26.9 Å². The number of rotatable bonds is 5. The molecule has 31 heavy (non-hydrogen) atoms. The molecule has 0 aliphatic rings. The van der Waals surface area contributed by atoms with E-state index in [0.717, 1.165) is 16.3 Å². The highest BCUT2D eigenvalue weighted by atomic mass is 16.2. The van der Waals surface area contributed by atoms with Crippen LogP contribution >= 0.6 is 0 Å². The smallest absolute Gasteiger partial charge is 0.291 e. The van der Waals surface area contributed by atoms with E-state index in [9.17, 15) is 9.59 Å². The van der Waals surface area contributed by atoms with E-state index in [1.807, 2.05) is 38.1 Å². The van der Waals surface area contributed by atoms with Crippen molar-refractivity contribution in [2.24, 2.45) is 0 Å². The van der Waals surface area contributed by atoms with Crippen LogP contribution in [0.1, 0.15) is 36.1 Å². The van der Waals surface area contributed by atoms with E-state index in [-0.39, 0.29) is 24.1 Å². The summed E-state index contributed by atoms with van der Waals surface area (Å²) >= 11 is 0. The van der Waals surface area contributed by atoms with Gasteiger partial charge in [0.15, 0.2) is 0 Å². The highest BCUT2D eigenvalue weighted by Gasteiger charge is 2.18. The van der Waals surface area contributed by atoms with Gasteiger partial charge in [-0.1, -0.05) is 35.9 Å². The van der Waals surface area contributed by atoms with Crippen molar-refractivity contribution in [1.29, 1.82) is 0 Å². The number of nitrogens with one attached hydrogen (secondary N) is 1. The molecule has 4 aromatic rings. The monoisotopic (exact) mass is 416 g/mol. The molecule has 160 valence electrons. The molecule has 2 aromatic carbocycles. The van der Waals surface area contributed by atoms with Crippen LogP contribution < -0.4 is 10.9 Å². The Morgan fingerprint density at radius 1 is 1.06 bits per heavy atom. The molecule has 0 bridgehead atoms. The lowest BCUT2D eigenvalue weighted by atomic mass is 10.00. The number of benzene rings is 2. The first-order valence-corrected chi connectivity index (χ1v) is 10.6. The van der Waals surface area contributed by atoms with Gasteiger partial charge in [0.2, 0.25) is 5.91 Å². The minimum atomic E-state index is -0.255. The summed E-state index contributed by atoms with van der Waals surface area (Å²) in [7, 11) is 0. The Kier molecular flexibility index (Phi) is 5.39. The Labute approximate surface area is 181 Å². The van der Waals surface area contributed by atoms with E-state index in [4.69, 9.17) is 0 Å². The fourth-order valence-corrected chi connectivity index (χ4v) is 4.39. The van der Waals surface area contributed by atoms with Gasteiger partial charge in [0, 0.05) is 28.9 Å². The second kappa shape index (κ2) is 8.02. The zero-order valence-corrected chi connectivity index (χ0v) is 18.7. The number of nitrogens with zero attached hydrogens (tertiary/aromatic N) is 3. The topological polar surface area (TPSA) is 68.9 Å². The van der Waals surface area contributed by atoms with Gasteiger partial charge in [-0.25, -0.2) is 4.68 Å². The third-order valence-corrected chi connectivity index (χ3v) is 5.67. The van der Waals surface area contributed by atoms with Gasteiger partial charge in [-0.2, -0.15) is 5.10 Å². The standard InChI is InChI=1S/C25H28N4O2/c1-15(2)27-23(30)14-29-25(31)24-20(12-26-29)19-8-6-7-9-22(19)28(24)13-21-17(4)10-16(3)11-18(21)5/h6-12,15H,13-14H2,1-5H3,(H,27,30). The van der Waals surface area contributed by atoms with E-state index in [2.05, 4.69) is 47.9 Å². The Bertz CT molecular complexity index is 1340. The molecule has 4 rings (SSSR count). The minimum Gasteiger partial charge on any atom is -0.352 e.